The Kier molecular flexibility index (Phi) is 5.94. The predicted octanol–water partition coefficient (Wildman–Crippen LogP) is 2.63. The van der Waals surface area contributed by atoms with Crippen LogP contribution in [-0.2, 0) is 10.0 Å². The molecular formula is C19H23N3O3S. The minimum atomic E-state index is -3.60. The van der Waals surface area contributed by atoms with Crippen LogP contribution in [0.15, 0.2) is 46.4 Å². The van der Waals surface area contributed by atoms with E-state index >= 15 is 0 Å². The molecule has 138 valence electrons. The Morgan fingerprint density at radius 1 is 1.04 bits per heavy atom. The number of carbonyl (C=O) groups is 1. The van der Waals surface area contributed by atoms with Gasteiger partial charge in [0.15, 0.2) is 0 Å². The molecule has 0 aliphatic carbocycles. The molecule has 0 bridgehead atoms. The number of nitrogens with zero attached hydrogens (tertiary/aromatic N) is 2. The van der Waals surface area contributed by atoms with Crippen molar-refractivity contribution in [2.75, 3.05) is 14.1 Å². The van der Waals surface area contributed by atoms with Gasteiger partial charge in [0.1, 0.15) is 0 Å². The number of aryl methyl sites for hydroxylation is 3. The first-order chi connectivity index (χ1) is 12.1. The monoisotopic (exact) mass is 373 g/mol. The van der Waals surface area contributed by atoms with Gasteiger partial charge in [0.05, 0.1) is 11.1 Å². The summed E-state index contributed by atoms with van der Waals surface area (Å²) in [5.41, 5.74) is 6.98. The molecule has 0 saturated carbocycles. The van der Waals surface area contributed by atoms with Crippen LogP contribution in [0, 0.1) is 20.8 Å². The SMILES string of the molecule is Cc1cc(C)c(/C=N\NC(=O)c2cccc(S(=O)(=O)N(C)C)c2)cc1C. The fourth-order valence-electron chi connectivity index (χ4n) is 2.36. The van der Waals surface area contributed by atoms with Gasteiger partial charge in [0.2, 0.25) is 10.0 Å². The topological polar surface area (TPSA) is 78.8 Å². The zero-order valence-corrected chi connectivity index (χ0v) is 16.4. The number of carbonyl (C=O) groups excluding carboxylic acids is 1. The molecule has 6 nitrogen and oxygen atoms in total. The molecule has 0 saturated heterocycles. The van der Waals surface area contributed by atoms with Crippen LogP contribution in [0.25, 0.3) is 0 Å². The van der Waals surface area contributed by atoms with Crippen LogP contribution in [0.5, 0.6) is 0 Å². The standard InChI is InChI=1S/C19H23N3O3S/c1-13-9-15(3)17(10-14(13)2)12-20-21-19(23)16-7-6-8-18(11-16)26(24,25)22(4)5/h6-12H,1-5H3,(H,21,23)/b20-12-. The Balaban J connectivity index is 2.18. The first kappa shape index (κ1) is 19.8. The summed E-state index contributed by atoms with van der Waals surface area (Å²) in [5.74, 6) is -0.474. The molecule has 2 aromatic carbocycles. The van der Waals surface area contributed by atoms with Gasteiger partial charge >= 0.3 is 0 Å². The maximum Gasteiger partial charge on any atom is 0.271 e. The summed E-state index contributed by atoms with van der Waals surface area (Å²) in [6, 6.07) is 9.93. The van der Waals surface area contributed by atoms with Crippen molar-refractivity contribution in [2.24, 2.45) is 5.10 Å². The average Bonchev–Trinajstić information content (AvgIpc) is 2.59. The molecule has 1 amide bonds. The van der Waals surface area contributed by atoms with E-state index in [1.54, 1.807) is 12.3 Å². The van der Waals surface area contributed by atoms with Crippen molar-refractivity contribution in [1.29, 1.82) is 0 Å². The highest BCUT2D eigenvalue weighted by atomic mass is 32.2. The number of sulfonamides is 1. The van der Waals surface area contributed by atoms with Crippen molar-refractivity contribution < 1.29 is 13.2 Å². The normalized spacial score (nSPS) is 11.9. The van der Waals surface area contributed by atoms with Gasteiger partial charge in [-0.2, -0.15) is 5.10 Å². The van der Waals surface area contributed by atoms with E-state index in [0.717, 1.165) is 21.0 Å². The minimum absolute atomic E-state index is 0.0594. The van der Waals surface area contributed by atoms with Crippen molar-refractivity contribution in [3.63, 3.8) is 0 Å². The van der Waals surface area contributed by atoms with Gasteiger partial charge in [-0.25, -0.2) is 18.1 Å². The molecule has 2 aromatic rings. The second-order valence-electron chi connectivity index (χ2n) is 6.31. The van der Waals surface area contributed by atoms with Gasteiger partial charge in [-0.15, -0.1) is 0 Å². The minimum Gasteiger partial charge on any atom is -0.267 e. The molecule has 0 spiro atoms. The summed E-state index contributed by atoms with van der Waals surface area (Å²) in [6.07, 6.45) is 1.58. The van der Waals surface area contributed by atoms with E-state index < -0.39 is 15.9 Å². The quantitative estimate of drug-likeness (QED) is 0.646. The Morgan fingerprint density at radius 3 is 2.35 bits per heavy atom. The highest BCUT2D eigenvalue weighted by Gasteiger charge is 2.18. The lowest BCUT2D eigenvalue weighted by Gasteiger charge is -2.11. The number of hydrogen-bond acceptors (Lipinski definition) is 4. The zero-order valence-electron chi connectivity index (χ0n) is 15.6. The van der Waals surface area contributed by atoms with Gasteiger partial charge in [0, 0.05) is 19.7 Å². The predicted molar refractivity (Wildman–Crippen MR) is 103 cm³/mol. The fraction of sp³-hybridized carbons (Fsp3) is 0.263. The lowest BCUT2D eigenvalue weighted by Crippen LogP contribution is -2.23. The van der Waals surface area contributed by atoms with E-state index in [9.17, 15) is 13.2 Å². The molecule has 0 atom stereocenters. The van der Waals surface area contributed by atoms with E-state index in [4.69, 9.17) is 0 Å². The summed E-state index contributed by atoms with van der Waals surface area (Å²) < 4.78 is 25.4. The van der Waals surface area contributed by atoms with E-state index in [-0.39, 0.29) is 10.5 Å². The summed E-state index contributed by atoms with van der Waals surface area (Å²) in [4.78, 5) is 12.3. The third kappa shape index (κ3) is 4.36. The van der Waals surface area contributed by atoms with Crippen molar-refractivity contribution >= 4 is 22.1 Å². The van der Waals surface area contributed by atoms with Crippen LogP contribution in [0.3, 0.4) is 0 Å². The third-order valence-electron chi connectivity index (χ3n) is 4.13. The number of nitrogens with one attached hydrogen (secondary N) is 1. The van der Waals surface area contributed by atoms with Crippen LogP contribution < -0.4 is 5.43 Å². The lowest BCUT2D eigenvalue weighted by molar-refractivity contribution is 0.0955. The molecule has 0 aliphatic heterocycles. The molecule has 0 aliphatic rings. The Labute approximate surface area is 154 Å². The van der Waals surface area contributed by atoms with Crippen molar-refractivity contribution in [2.45, 2.75) is 25.7 Å². The molecule has 0 unspecified atom stereocenters. The van der Waals surface area contributed by atoms with Gasteiger partial charge in [-0.1, -0.05) is 12.1 Å². The van der Waals surface area contributed by atoms with Crippen LogP contribution in [-0.4, -0.2) is 38.9 Å². The number of benzene rings is 2. The number of hydrogen-bond donors (Lipinski definition) is 1. The van der Waals surface area contributed by atoms with Crippen molar-refractivity contribution in [3.05, 3.63) is 64.2 Å². The van der Waals surface area contributed by atoms with Crippen LogP contribution in [0.2, 0.25) is 0 Å². The summed E-state index contributed by atoms with van der Waals surface area (Å²) in [7, 11) is -0.711. The molecule has 26 heavy (non-hydrogen) atoms. The number of amides is 1. The molecule has 2 rings (SSSR count). The fourth-order valence-corrected chi connectivity index (χ4v) is 3.30. The van der Waals surface area contributed by atoms with Gasteiger partial charge < -0.3 is 0 Å². The van der Waals surface area contributed by atoms with Gasteiger partial charge in [0.25, 0.3) is 5.91 Å². The highest BCUT2D eigenvalue weighted by Crippen LogP contribution is 2.15. The highest BCUT2D eigenvalue weighted by molar-refractivity contribution is 7.89. The van der Waals surface area contributed by atoms with Crippen LogP contribution in [0.1, 0.15) is 32.6 Å². The second kappa shape index (κ2) is 7.80. The van der Waals surface area contributed by atoms with E-state index in [1.165, 1.54) is 37.9 Å². The smallest absolute Gasteiger partial charge is 0.267 e. The molecule has 0 fully saturated rings. The molecule has 7 heteroatoms. The Hall–Kier alpha value is -2.51. The maximum absolute atomic E-state index is 12.3. The van der Waals surface area contributed by atoms with Gasteiger partial charge in [-0.05, 0) is 67.3 Å². The van der Waals surface area contributed by atoms with E-state index in [1.807, 2.05) is 26.8 Å². The van der Waals surface area contributed by atoms with E-state index in [0.29, 0.717) is 0 Å². The molecule has 0 aromatic heterocycles. The number of hydrazone groups is 1. The first-order valence-electron chi connectivity index (χ1n) is 8.07. The molecular weight excluding hydrogens is 350 g/mol. The van der Waals surface area contributed by atoms with Crippen LogP contribution >= 0.6 is 0 Å². The average molecular weight is 373 g/mol. The molecule has 0 radical (unpaired) electrons. The third-order valence-corrected chi connectivity index (χ3v) is 5.94. The lowest BCUT2D eigenvalue weighted by atomic mass is 10.0. The summed E-state index contributed by atoms with van der Waals surface area (Å²) in [5, 5.41) is 3.99. The zero-order chi connectivity index (χ0) is 19.5. The van der Waals surface area contributed by atoms with E-state index in [2.05, 4.69) is 16.6 Å². The summed E-state index contributed by atoms with van der Waals surface area (Å²) >= 11 is 0. The van der Waals surface area contributed by atoms with Crippen molar-refractivity contribution in [1.82, 2.24) is 9.73 Å². The first-order valence-corrected chi connectivity index (χ1v) is 9.51. The number of rotatable bonds is 5. The second-order valence-corrected chi connectivity index (χ2v) is 8.46. The van der Waals surface area contributed by atoms with Crippen molar-refractivity contribution in [3.8, 4) is 0 Å². The summed E-state index contributed by atoms with van der Waals surface area (Å²) in [6.45, 7) is 6.03. The molecule has 0 heterocycles. The largest absolute Gasteiger partial charge is 0.271 e. The maximum atomic E-state index is 12.3. The van der Waals surface area contributed by atoms with Gasteiger partial charge in [-0.3, -0.25) is 4.79 Å². The van der Waals surface area contributed by atoms with Crippen LogP contribution in [0.4, 0.5) is 0 Å². The Morgan fingerprint density at radius 2 is 1.69 bits per heavy atom. The molecule has 1 N–H and O–H groups in total. The Bertz CT molecular complexity index is 964.